The second-order valence-corrected chi connectivity index (χ2v) is 5.11. The molecule has 0 bridgehead atoms. The lowest BCUT2D eigenvalue weighted by Crippen LogP contribution is -2.29. The van der Waals surface area contributed by atoms with Crippen LogP contribution in [0.5, 0.6) is 0 Å². The average molecular weight is 236 g/mol. The largest absolute Gasteiger partial charge is 0.468 e. The second-order valence-electron chi connectivity index (χ2n) is 5.11. The summed E-state index contributed by atoms with van der Waals surface area (Å²) >= 11 is 0. The van der Waals surface area contributed by atoms with E-state index in [1.165, 1.54) is 32.1 Å². The minimum absolute atomic E-state index is 0.797. The quantitative estimate of drug-likeness (QED) is 0.738. The maximum Gasteiger partial charge on any atom is 0.117 e. The predicted molar refractivity (Wildman–Crippen MR) is 69.9 cm³/mol. The van der Waals surface area contributed by atoms with Crippen LogP contribution in [0.4, 0.5) is 0 Å². The molecule has 1 N–H and O–H groups in total. The lowest BCUT2D eigenvalue weighted by molar-refractivity contribution is 0.288. The third kappa shape index (κ3) is 4.52. The summed E-state index contributed by atoms with van der Waals surface area (Å²) in [6, 6.07) is 4.78. The molecular formula is C14H24N2O. The lowest BCUT2D eigenvalue weighted by atomic mass is 10.2. The van der Waals surface area contributed by atoms with Crippen molar-refractivity contribution in [3.8, 4) is 0 Å². The van der Waals surface area contributed by atoms with Crippen molar-refractivity contribution in [2.45, 2.75) is 44.7 Å². The molecule has 3 nitrogen and oxygen atoms in total. The molecule has 96 valence electrons. The number of nitrogens with zero attached hydrogens (tertiary/aromatic N) is 1. The Morgan fingerprint density at radius 3 is 2.94 bits per heavy atom. The molecule has 0 aliphatic heterocycles. The van der Waals surface area contributed by atoms with Gasteiger partial charge >= 0.3 is 0 Å². The van der Waals surface area contributed by atoms with Crippen LogP contribution in [0.1, 0.15) is 37.9 Å². The van der Waals surface area contributed by atoms with Crippen molar-refractivity contribution >= 4 is 0 Å². The van der Waals surface area contributed by atoms with E-state index in [4.69, 9.17) is 4.42 Å². The standard InChI is InChI=1S/C14H24N2O/c1-16(12-14-8-4-11-17-14)10-5-9-15-13-6-2-3-7-13/h4,8,11,13,15H,2-3,5-7,9-10,12H2,1H3. The number of rotatable bonds is 7. The molecule has 2 rings (SSSR count). The molecule has 0 radical (unpaired) electrons. The van der Waals surface area contributed by atoms with E-state index in [0.717, 1.165) is 31.4 Å². The topological polar surface area (TPSA) is 28.4 Å². The fraction of sp³-hybridized carbons (Fsp3) is 0.714. The van der Waals surface area contributed by atoms with Crippen LogP contribution in [0.25, 0.3) is 0 Å². The van der Waals surface area contributed by atoms with Crippen LogP contribution < -0.4 is 5.32 Å². The van der Waals surface area contributed by atoms with Crippen molar-refractivity contribution in [1.29, 1.82) is 0 Å². The van der Waals surface area contributed by atoms with Gasteiger partial charge in [-0.05, 0) is 51.5 Å². The molecule has 0 saturated heterocycles. The first-order chi connectivity index (χ1) is 8.34. The van der Waals surface area contributed by atoms with Gasteiger partial charge in [0.15, 0.2) is 0 Å². The first-order valence-electron chi connectivity index (χ1n) is 6.79. The second kappa shape index (κ2) is 6.82. The van der Waals surface area contributed by atoms with Crippen molar-refractivity contribution in [3.63, 3.8) is 0 Å². The summed E-state index contributed by atoms with van der Waals surface area (Å²) in [4.78, 5) is 2.31. The van der Waals surface area contributed by atoms with Crippen molar-refractivity contribution in [3.05, 3.63) is 24.2 Å². The summed E-state index contributed by atoms with van der Waals surface area (Å²) < 4.78 is 5.33. The van der Waals surface area contributed by atoms with Gasteiger partial charge in [-0.25, -0.2) is 0 Å². The third-order valence-corrected chi connectivity index (χ3v) is 3.51. The van der Waals surface area contributed by atoms with Gasteiger partial charge in [0.2, 0.25) is 0 Å². The van der Waals surface area contributed by atoms with Crippen LogP contribution in [0.2, 0.25) is 0 Å². The van der Waals surface area contributed by atoms with Crippen molar-refractivity contribution in [2.24, 2.45) is 0 Å². The van der Waals surface area contributed by atoms with E-state index in [-0.39, 0.29) is 0 Å². The van der Waals surface area contributed by atoms with E-state index < -0.39 is 0 Å². The molecule has 0 atom stereocenters. The van der Waals surface area contributed by atoms with E-state index in [2.05, 4.69) is 17.3 Å². The summed E-state index contributed by atoms with van der Waals surface area (Å²) in [6.07, 6.45) is 8.54. The maximum absolute atomic E-state index is 5.33. The summed E-state index contributed by atoms with van der Waals surface area (Å²) in [5.41, 5.74) is 0. The predicted octanol–water partition coefficient (Wildman–Crippen LogP) is 2.63. The zero-order valence-electron chi connectivity index (χ0n) is 10.8. The van der Waals surface area contributed by atoms with Gasteiger partial charge < -0.3 is 9.73 Å². The number of hydrogen-bond acceptors (Lipinski definition) is 3. The summed E-state index contributed by atoms with van der Waals surface area (Å²) in [7, 11) is 2.15. The normalized spacial score (nSPS) is 17.1. The number of hydrogen-bond donors (Lipinski definition) is 1. The minimum Gasteiger partial charge on any atom is -0.468 e. The van der Waals surface area contributed by atoms with Gasteiger partial charge in [-0.3, -0.25) is 4.90 Å². The van der Waals surface area contributed by atoms with E-state index >= 15 is 0 Å². The summed E-state index contributed by atoms with van der Waals surface area (Å²) in [5.74, 6) is 1.05. The SMILES string of the molecule is CN(CCCNC1CCCC1)Cc1ccco1. The molecule has 17 heavy (non-hydrogen) atoms. The Labute approximate surface area is 104 Å². The lowest BCUT2D eigenvalue weighted by Gasteiger charge is -2.16. The molecule has 3 heteroatoms. The fourth-order valence-electron chi connectivity index (χ4n) is 2.53. The maximum atomic E-state index is 5.33. The van der Waals surface area contributed by atoms with Crippen molar-refractivity contribution < 1.29 is 4.42 Å². The minimum atomic E-state index is 0.797. The Morgan fingerprint density at radius 2 is 2.24 bits per heavy atom. The average Bonchev–Trinajstić information content (AvgIpc) is 2.96. The first kappa shape index (κ1) is 12.7. The van der Waals surface area contributed by atoms with Gasteiger partial charge in [0.05, 0.1) is 12.8 Å². The molecule has 0 amide bonds. The molecule has 0 spiro atoms. The van der Waals surface area contributed by atoms with Crippen molar-refractivity contribution in [2.75, 3.05) is 20.1 Å². The molecule has 1 aromatic rings. The molecule has 1 aromatic heterocycles. The highest BCUT2D eigenvalue weighted by molar-refractivity contribution is 4.97. The van der Waals surface area contributed by atoms with Crippen LogP contribution in [0, 0.1) is 0 Å². The van der Waals surface area contributed by atoms with Gasteiger partial charge in [0.25, 0.3) is 0 Å². The monoisotopic (exact) mass is 236 g/mol. The van der Waals surface area contributed by atoms with Gasteiger partial charge in [0.1, 0.15) is 5.76 Å². The molecule has 1 fully saturated rings. The van der Waals surface area contributed by atoms with Gasteiger partial charge in [-0.1, -0.05) is 12.8 Å². The Kier molecular flexibility index (Phi) is 5.08. The van der Waals surface area contributed by atoms with Crippen LogP contribution in [-0.2, 0) is 6.54 Å². The van der Waals surface area contributed by atoms with Crippen LogP contribution in [0.15, 0.2) is 22.8 Å². The molecule has 0 unspecified atom stereocenters. The third-order valence-electron chi connectivity index (χ3n) is 3.51. The van der Waals surface area contributed by atoms with Gasteiger partial charge in [-0.2, -0.15) is 0 Å². The van der Waals surface area contributed by atoms with E-state index in [1.807, 2.05) is 12.1 Å². The fourth-order valence-corrected chi connectivity index (χ4v) is 2.53. The summed E-state index contributed by atoms with van der Waals surface area (Å²) in [5, 5.41) is 3.65. The zero-order chi connectivity index (χ0) is 11.9. The number of furan rings is 1. The van der Waals surface area contributed by atoms with Crippen LogP contribution >= 0.6 is 0 Å². The zero-order valence-corrected chi connectivity index (χ0v) is 10.8. The van der Waals surface area contributed by atoms with Crippen LogP contribution in [-0.4, -0.2) is 31.1 Å². The summed E-state index contributed by atoms with van der Waals surface area (Å²) in [6.45, 7) is 3.18. The number of nitrogens with one attached hydrogen (secondary N) is 1. The van der Waals surface area contributed by atoms with Crippen molar-refractivity contribution in [1.82, 2.24) is 10.2 Å². The molecular weight excluding hydrogens is 212 g/mol. The molecule has 1 aliphatic carbocycles. The Bertz CT molecular complexity index is 291. The smallest absolute Gasteiger partial charge is 0.117 e. The van der Waals surface area contributed by atoms with Gasteiger partial charge in [0, 0.05) is 6.04 Å². The first-order valence-corrected chi connectivity index (χ1v) is 6.79. The molecule has 1 heterocycles. The highest BCUT2D eigenvalue weighted by Gasteiger charge is 2.13. The molecule has 0 aromatic carbocycles. The highest BCUT2D eigenvalue weighted by atomic mass is 16.3. The molecule has 1 aliphatic rings. The van der Waals surface area contributed by atoms with E-state index in [1.54, 1.807) is 6.26 Å². The Hall–Kier alpha value is -0.800. The Morgan fingerprint density at radius 1 is 1.41 bits per heavy atom. The van der Waals surface area contributed by atoms with E-state index in [0.29, 0.717) is 0 Å². The van der Waals surface area contributed by atoms with Crippen LogP contribution in [0.3, 0.4) is 0 Å². The highest BCUT2D eigenvalue weighted by Crippen LogP contribution is 2.17. The Balaban J connectivity index is 1.52. The van der Waals surface area contributed by atoms with E-state index in [9.17, 15) is 0 Å². The molecule has 1 saturated carbocycles. The van der Waals surface area contributed by atoms with Gasteiger partial charge in [-0.15, -0.1) is 0 Å².